The molecule has 1 unspecified atom stereocenters. The minimum Gasteiger partial charge on any atom is -0.491 e. The summed E-state index contributed by atoms with van der Waals surface area (Å²) in [5.41, 5.74) is 1.94. The molecule has 0 fully saturated rings. The van der Waals surface area contributed by atoms with E-state index in [0.29, 0.717) is 18.2 Å². The van der Waals surface area contributed by atoms with Gasteiger partial charge < -0.3 is 14.4 Å². The van der Waals surface area contributed by atoms with Crippen molar-refractivity contribution in [3.05, 3.63) is 42.7 Å². The summed E-state index contributed by atoms with van der Waals surface area (Å²) in [5.74, 6) is 0.966. The highest BCUT2D eigenvalue weighted by Crippen LogP contribution is 2.30. The van der Waals surface area contributed by atoms with Crippen LogP contribution in [-0.4, -0.2) is 32.5 Å². The fraction of sp³-hybridized carbons (Fsp3) is 0.412. The van der Waals surface area contributed by atoms with Crippen LogP contribution in [0.4, 0.5) is 19.0 Å². The normalized spacial score (nSPS) is 17.0. The first-order chi connectivity index (χ1) is 12.5. The molecule has 2 N–H and O–H groups in total. The molecule has 2 aromatic heterocycles. The number of rotatable bonds is 4. The molecule has 0 aromatic carbocycles. The molecule has 1 atom stereocenters. The van der Waals surface area contributed by atoms with Crippen LogP contribution in [0.5, 0.6) is 5.75 Å². The molecular formula is C17H21ClF3N5O2. The van der Waals surface area contributed by atoms with Gasteiger partial charge in [0.15, 0.2) is 11.9 Å². The fourth-order valence-electron chi connectivity index (χ4n) is 2.32. The second-order valence-electron chi connectivity index (χ2n) is 7.31. The molecule has 3 rings (SSSR count). The molecular weight excluding hydrogens is 399 g/mol. The van der Waals surface area contributed by atoms with Crippen molar-refractivity contribution in [2.75, 3.05) is 11.6 Å². The van der Waals surface area contributed by atoms with E-state index in [2.05, 4.69) is 15.4 Å². The van der Waals surface area contributed by atoms with Crippen molar-refractivity contribution in [2.24, 2.45) is 5.41 Å². The molecule has 0 saturated carbocycles. The maximum Gasteiger partial charge on any atom is 0.434 e. The third kappa shape index (κ3) is 4.87. The molecule has 0 radical (unpaired) electrons. The van der Waals surface area contributed by atoms with Gasteiger partial charge in [0.05, 0.1) is 24.8 Å². The lowest BCUT2D eigenvalue weighted by molar-refractivity contribution is -0.140. The standard InChI is InChI=1S/C17H20F3N5O2.ClH/c1-16(2,3)9-27-11-4-5-14(21-6-11)25-15(26)12(7-23-25)24-8-13(22-10-24)17(18,19)20;/h4-8,10,15,23,26H,9H2,1-3H3;1H. The third-order valence-corrected chi connectivity index (χ3v) is 3.67. The van der Waals surface area contributed by atoms with Crippen LogP contribution in [0, 0.1) is 5.41 Å². The lowest BCUT2D eigenvalue weighted by Gasteiger charge is -2.23. The molecule has 1 aliphatic rings. The second-order valence-corrected chi connectivity index (χ2v) is 7.31. The highest BCUT2D eigenvalue weighted by Gasteiger charge is 2.35. The number of pyridine rings is 1. The summed E-state index contributed by atoms with van der Waals surface area (Å²) in [6.45, 7) is 6.67. The van der Waals surface area contributed by atoms with Crippen LogP contribution in [0.25, 0.3) is 5.70 Å². The summed E-state index contributed by atoms with van der Waals surface area (Å²) in [4.78, 5) is 7.55. The summed E-state index contributed by atoms with van der Waals surface area (Å²) in [6, 6.07) is 3.35. The molecule has 154 valence electrons. The highest BCUT2D eigenvalue weighted by atomic mass is 35.5. The number of imidazole rings is 1. The Morgan fingerprint density at radius 1 is 1.21 bits per heavy atom. The third-order valence-electron chi connectivity index (χ3n) is 3.67. The van der Waals surface area contributed by atoms with Crippen molar-refractivity contribution in [3.63, 3.8) is 0 Å². The van der Waals surface area contributed by atoms with Gasteiger partial charge in [-0.05, 0) is 17.5 Å². The number of hydrogen-bond acceptors (Lipinski definition) is 6. The Labute approximate surface area is 166 Å². The van der Waals surface area contributed by atoms with Crippen molar-refractivity contribution in [1.82, 2.24) is 20.0 Å². The second kappa shape index (κ2) is 7.88. The Bertz CT molecular complexity index is 831. The molecule has 2 aromatic rings. The molecule has 0 spiro atoms. The number of aliphatic hydroxyl groups is 1. The van der Waals surface area contributed by atoms with Crippen LogP contribution in [0.2, 0.25) is 0 Å². The average Bonchev–Trinajstić information content (AvgIpc) is 3.19. The van der Waals surface area contributed by atoms with Gasteiger partial charge >= 0.3 is 6.18 Å². The van der Waals surface area contributed by atoms with E-state index in [1.54, 1.807) is 12.1 Å². The van der Waals surface area contributed by atoms with Crippen molar-refractivity contribution >= 4 is 23.9 Å². The molecule has 3 heterocycles. The molecule has 11 heteroatoms. The van der Waals surface area contributed by atoms with Gasteiger partial charge in [0.2, 0.25) is 0 Å². The number of alkyl halides is 3. The molecule has 0 amide bonds. The smallest absolute Gasteiger partial charge is 0.434 e. The van der Waals surface area contributed by atoms with E-state index in [0.717, 1.165) is 17.1 Å². The SMILES string of the molecule is CC(C)(C)COc1ccc(N2NC=C(n3cnc(C(F)(F)F)c3)C2O)nc1.Cl. The van der Waals surface area contributed by atoms with Crippen LogP contribution in [0.1, 0.15) is 26.5 Å². The number of halogens is 4. The maximum atomic E-state index is 12.7. The van der Waals surface area contributed by atoms with E-state index < -0.39 is 18.1 Å². The van der Waals surface area contributed by atoms with Gasteiger partial charge in [0, 0.05) is 12.4 Å². The fourth-order valence-corrected chi connectivity index (χ4v) is 2.32. The van der Waals surface area contributed by atoms with E-state index in [-0.39, 0.29) is 23.5 Å². The van der Waals surface area contributed by atoms with Gasteiger partial charge in [-0.3, -0.25) is 5.43 Å². The Hall–Kier alpha value is -2.46. The number of aliphatic hydroxyl groups excluding tert-OH is 1. The van der Waals surface area contributed by atoms with Crippen molar-refractivity contribution in [3.8, 4) is 5.75 Å². The highest BCUT2D eigenvalue weighted by molar-refractivity contribution is 5.85. The Kier molecular flexibility index (Phi) is 6.15. The van der Waals surface area contributed by atoms with Crippen LogP contribution in [0.15, 0.2) is 37.1 Å². The number of nitrogens with one attached hydrogen (secondary N) is 1. The Morgan fingerprint density at radius 3 is 2.46 bits per heavy atom. The molecule has 0 aliphatic carbocycles. The first kappa shape index (κ1) is 21.8. The lowest BCUT2D eigenvalue weighted by Crippen LogP contribution is -2.39. The first-order valence-electron chi connectivity index (χ1n) is 8.18. The first-order valence-corrected chi connectivity index (χ1v) is 8.18. The Balaban J connectivity index is 0.00000280. The molecule has 0 saturated heterocycles. The largest absolute Gasteiger partial charge is 0.491 e. The van der Waals surface area contributed by atoms with Gasteiger partial charge in [0.1, 0.15) is 11.6 Å². The van der Waals surface area contributed by atoms with Crippen molar-refractivity contribution in [2.45, 2.75) is 33.2 Å². The zero-order valence-corrected chi connectivity index (χ0v) is 16.3. The number of hydrazine groups is 1. The maximum absolute atomic E-state index is 12.7. The van der Waals surface area contributed by atoms with Crippen LogP contribution in [0.3, 0.4) is 0 Å². The number of nitrogens with zero attached hydrogens (tertiary/aromatic N) is 4. The summed E-state index contributed by atoms with van der Waals surface area (Å²) in [6.07, 6.45) is -1.07. The van der Waals surface area contributed by atoms with Crippen molar-refractivity contribution < 1.29 is 23.0 Å². The monoisotopic (exact) mass is 419 g/mol. The quantitative estimate of drug-likeness (QED) is 0.792. The van der Waals surface area contributed by atoms with E-state index in [1.165, 1.54) is 17.4 Å². The van der Waals surface area contributed by atoms with Crippen LogP contribution < -0.4 is 15.2 Å². The summed E-state index contributed by atoms with van der Waals surface area (Å²) < 4.78 is 44.8. The topological polar surface area (TPSA) is 75.4 Å². The van der Waals surface area contributed by atoms with E-state index in [1.807, 2.05) is 20.8 Å². The van der Waals surface area contributed by atoms with Gasteiger partial charge in [-0.1, -0.05) is 20.8 Å². The zero-order valence-electron chi connectivity index (χ0n) is 15.4. The van der Waals surface area contributed by atoms with Crippen LogP contribution in [-0.2, 0) is 6.18 Å². The lowest BCUT2D eigenvalue weighted by atomic mass is 9.99. The van der Waals surface area contributed by atoms with Gasteiger partial charge in [-0.2, -0.15) is 13.2 Å². The predicted octanol–water partition coefficient (Wildman–Crippen LogP) is 3.29. The summed E-state index contributed by atoms with van der Waals surface area (Å²) in [5, 5.41) is 11.8. The van der Waals surface area contributed by atoms with Gasteiger partial charge in [-0.25, -0.2) is 15.0 Å². The van der Waals surface area contributed by atoms with Gasteiger partial charge in [-0.15, -0.1) is 12.4 Å². The summed E-state index contributed by atoms with van der Waals surface area (Å²) in [7, 11) is 0. The number of anilines is 1. The number of ether oxygens (including phenoxy) is 1. The molecule has 0 bridgehead atoms. The molecule has 7 nitrogen and oxygen atoms in total. The van der Waals surface area contributed by atoms with Crippen molar-refractivity contribution in [1.29, 1.82) is 0 Å². The average molecular weight is 420 g/mol. The molecule has 28 heavy (non-hydrogen) atoms. The number of hydrogen-bond donors (Lipinski definition) is 2. The van der Waals surface area contributed by atoms with E-state index >= 15 is 0 Å². The minimum absolute atomic E-state index is 0. The summed E-state index contributed by atoms with van der Waals surface area (Å²) >= 11 is 0. The minimum atomic E-state index is -4.55. The van der Waals surface area contributed by atoms with E-state index in [9.17, 15) is 18.3 Å². The number of aromatic nitrogens is 3. The van der Waals surface area contributed by atoms with Gasteiger partial charge in [0.25, 0.3) is 0 Å². The Morgan fingerprint density at radius 2 is 1.93 bits per heavy atom. The van der Waals surface area contributed by atoms with Crippen LogP contribution >= 0.6 is 12.4 Å². The zero-order chi connectivity index (χ0) is 19.8. The van der Waals surface area contributed by atoms with E-state index in [4.69, 9.17) is 4.74 Å². The predicted molar refractivity (Wildman–Crippen MR) is 99.6 cm³/mol. The molecule has 1 aliphatic heterocycles.